The molecule has 40 heavy (non-hydrogen) atoms. The van der Waals surface area contributed by atoms with Crippen LogP contribution in [0.4, 0.5) is 0 Å². The number of hydrazine groups is 1. The molecule has 0 radical (unpaired) electrons. The summed E-state index contributed by atoms with van der Waals surface area (Å²) in [6.45, 7) is 8.70. The van der Waals surface area contributed by atoms with Crippen LogP contribution in [0.25, 0.3) is 0 Å². The Morgan fingerprint density at radius 1 is 0.875 bits per heavy atom. The molecule has 3 N–H and O–H groups in total. The molecule has 10 nitrogen and oxygen atoms in total. The van der Waals surface area contributed by atoms with E-state index in [1.807, 2.05) is 48.0 Å². The Hall–Kier alpha value is -4.15. The van der Waals surface area contributed by atoms with Gasteiger partial charge in [0.25, 0.3) is 0 Å². The summed E-state index contributed by atoms with van der Waals surface area (Å²) in [5.41, 5.74) is 6.55. The average Bonchev–Trinajstić information content (AvgIpc) is 3.33. The quantitative estimate of drug-likeness (QED) is 0.114. The number of esters is 2. The van der Waals surface area contributed by atoms with Gasteiger partial charge in [0.2, 0.25) is 5.78 Å². The molecule has 3 aromatic rings. The first-order valence-electron chi connectivity index (χ1n) is 13.1. The molecule has 0 aliphatic carbocycles. The van der Waals surface area contributed by atoms with Gasteiger partial charge in [-0.25, -0.2) is 9.59 Å². The molecule has 0 aliphatic rings. The maximum atomic E-state index is 11.6. The van der Waals surface area contributed by atoms with Crippen molar-refractivity contribution in [3.8, 4) is 0 Å². The minimum Gasteiger partial charge on any atom is -0.461 e. The Kier molecular flexibility index (Phi) is 16.8. The summed E-state index contributed by atoms with van der Waals surface area (Å²) in [5.74, 6) is 2.73. The van der Waals surface area contributed by atoms with Gasteiger partial charge < -0.3 is 9.47 Å². The minimum absolute atomic E-state index is 0.155. The lowest BCUT2D eigenvalue weighted by molar-refractivity contribution is -0.154. The van der Waals surface area contributed by atoms with Gasteiger partial charge in [0, 0.05) is 18.8 Å². The lowest BCUT2D eigenvalue weighted by atomic mass is 10.1. The van der Waals surface area contributed by atoms with Gasteiger partial charge in [-0.1, -0.05) is 60.7 Å². The highest BCUT2D eigenvalue weighted by molar-refractivity contribution is 6.36. The van der Waals surface area contributed by atoms with Crippen molar-refractivity contribution >= 4 is 23.5 Å². The number of nitrogens with one attached hydrogen (secondary N) is 1. The zero-order chi connectivity index (χ0) is 29.8. The molecule has 0 saturated heterocycles. The number of ether oxygens (including phenoxy) is 2. The average molecular weight is 553 g/mol. The number of ketones is 2. The molecule has 0 fully saturated rings. The molecule has 0 amide bonds. The highest BCUT2D eigenvalue weighted by Crippen LogP contribution is 2.08. The van der Waals surface area contributed by atoms with Crippen LogP contribution in [0.15, 0.2) is 66.7 Å². The molecule has 10 heteroatoms. The van der Waals surface area contributed by atoms with Gasteiger partial charge in [0.1, 0.15) is 5.78 Å². The highest BCUT2D eigenvalue weighted by atomic mass is 16.5. The minimum atomic E-state index is -0.928. The van der Waals surface area contributed by atoms with Gasteiger partial charge >= 0.3 is 11.9 Å². The molecule has 3 rings (SSSR count). The number of hydrogen-bond donors (Lipinski definition) is 2. The van der Waals surface area contributed by atoms with Crippen LogP contribution in [0.3, 0.4) is 0 Å². The molecular weight excluding hydrogens is 512 g/mol. The van der Waals surface area contributed by atoms with Crippen LogP contribution in [0, 0.1) is 6.92 Å². The molecule has 0 aliphatic heterocycles. The van der Waals surface area contributed by atoms with Gasteiger partial charge in [0.05, 0.1) is 19.6 Å². The monoisotopic (exact) mass is 552 g/mol. The number of hydrogen-bond acceptors (Lipinski definition) is 9. The van der Waals surface area contributed by atoms with Crippen molar-refractivity contribution < 1.29 is 28.7 Å². The fourth-order valence-electron chi connectivity index (χ4n) is 3.29. The molecule has 216 valence electrons. The highest BCUT2D eigenvalue weighted by Gasteiger charge is 2.16. The van der Waals surface area contributed by atoms with E-state index < -0.39 is 11.8 Å². The number of carbonyl (C=O) groups is 4. The molecular formula is C30H40N4O6. The Balaban J connectivity index is 0.000000326. The number of aromatic nitrogens is 2. The first kappa shape index (κ1) is 33.9. The van der Waals surface area contributed by atoms with Crippen LogP contribution in [0.5, 0.6) is 0 Å². The van der Waals surface area contributed by atoms with Crippen molar-refractivity contribution in [2.75, 3.05) is 19.8 Å². The molecule has 0 unspecified atom stereocenters. The van der Waals surface area contributed by atoms with E-state index >= 15 is 0 Å². The molecule has 1 aromatic heterocycles. The van der Waals surface area contributed by atoms with Crippen molar-refractivity contribution in [3.05, 3.63) is 89.2 Å². The van der Waals surface area contributed by atoms with Crippen molar-refractivity contribution in [1.82, 2.24) is 15.2 Å². The Bertz CT molecular complexity index is 1180. The summed E-state index contributed by atoms with van der Waals surface area (Å²) < 4.78 is 11.2. The second-order valence-electron chi connectivity index (χ2n) is 8.56. The van der Waals surface area contributed by atoms with Crippen LogP contribution in [-0.4, -0.2) is 53.0 Å². The van der Waals surface area contributed by atoms with Crippen LogP contribution in [0.2, 0.25) is 0 Å². The third-order valence-corrected chi connectivity index (χ3v) is 5.23. The van der Waals surface area contributed by atoms with Gasteiger partial charge in [-0.3, -0.25) is 25.5 Å². The van der Waals surface area contributed by atoms with Crippen molar-refractivity contribution in [1.29, 1.82) is 0 Å². The van der Waals surface area contributed by atoms with Crippen LogP contribution >= 0.6 is 0 Å². The number of aryl methyl sites for hydroxylation is 3. The number of benzene rings is 2. The standard InChI is InChI=1S/C15H18N2O2.C8H12N2.C7H10O4/c1-3-19-15(18)14-11-12(2)17(16-14)10-9-13-7-5-4-6-8-13;9-10-7-6-8-4-2-1-3-5-8;1-3-11-7(10)6(9)4-5(2)8/h4-8,11H,3,9-10H2,1-2H3;1-5,10H,6-7,9H2;3-4H2,1-2H3. The maximum Gasteiger partial charge on any atom is 0.375 e. The van der Waals surface area contributed by atoms with E-state index in [9.17, 15) is 19.2 Å². The molecule has 1 heterocycles. The van der Waals surface area contributed by atoms with Gasteiger partial charge in [0.15, 0.2) is 5.69 Å². The van der Waals surface area contributed by atoms with Gasteiger partial charge in [-0.05, 0) is 57.7 Å². The van der Waals surface area contributed by atoms with E-state index in [0.29, 0.717) is 12.3 Å². The number of nitrogens with zero attached hydrogens (tertiary/aromatic N) is 2. The fourth-order valence-corrected chi connectivity index (χ4v) is 3.29. The fraction of sp³-hybridized carbons (Fsp3) is 0.367. The van der Waals surface area contributed by atoms with E-state index in [1.54, 1.807) is 19.9 Å². The second-order valence-corrected chi connectivity index (χ2v) is 8.56. The predicted molar refractivity (Wildman–Crippen MR) is 152 cm³/mol. The van der Waals surface area contributed by atoms with E-state index in [-0.39, 0.29) is 24.8 Å². The summed E-state index contributed by atoms with van der Waals surface area (Å²) in [5, 5.41) is 4.29. The number of nitrogens with two attached hydrogens (primary N) is 1. The summed E-state index contributed by atoms with van der Waals surface area (Å²) in [6.07, 6.45) is 1.53. The number of carbonyl (C=O) groups excluding carboxylic acids is 4. The lowest BCUT2D eigenvalue weighted by Crippen LogP contribution is -2.24. The van der Waals surface area contributed by atoms with E-state index in [2.05, 4.69) is 39.5 Å². The molecule has 0 atom stereocenters. The largest absolute Gasteiger partial charge is 0.461 e. The van der Waals surface area contributed by atoms with Crippen LogP contribution < -0.4 is 11.3 Å². The zero-order valence-corrected chi connectivity index (χ0v) is 23.7. The maximum absolute atomic E-state index is 11.6. The first-order chi connectivity index (χ1) is 19.2. The van der Waals surface area contributed by atoms with E-state index in [1.165, 1.54) is 18.1 Å². The molecule has 2 aromatic carbocycles. The Morgan fingerprint density at radius 2 is 1.43 bits per heavy atom. The van der Waals surface area contributed by atoms with Gasteiger partial charge in [-0.2, -0.15) is 5.10 Å². The van der Waals surface area contributed by atoms with Crippen molar-refractivity contribution in [2.45, 2.75) is 53.5 Å². The smallest absolute Gasteiger partial charge is 0.375 e. The summed E-state index contributed by atoms with van der Waals surface area (Å²) in [6, 6.07) is 22.3. The Morgan fingerprint density at radius 3 is 1.93 bits per heavy atom. The van der Waals surface area contributed by atoms with E-state index in [0.717, 1.165) is 31.6 Å². The van der Waals surface area contributed by atoms with Gasteiger partial charge in [-0.15, -0.1) is 0 Å². The van der Waals surface area contributed by atoms with Crippen LogP contribution in [-0.2, 0) is 43.2 Å². The predicted octanol–water partition coefficient (Wildman–Crippen LogP) is 3.40. The van der Waals surface area contributed by atoms with Crippen molar-refractivity contribution in [3.63, 3.8) is 0 Å². The van der Waals surface area contributed by atoms with Crippen LogP contribution in [0.1, 0.15) is 54.5 Å². The molecule has 0 saturated carbocycles. The molecule has 0 spiro atoms. The Labute approximate surface area is 235 Å². The second kappa shape index (κ2) is 19.9. The summed E-state index contributed by atoms with van der Waals surface area (Å²) >= 11 is 0. The lowest BCUT2D eigenvalue weighted by Gasteiger charge is -2.04. The summed E-state index contributed by atoms with van der Waals surface area (Å²) in [4.78, 5) is 43.1. The summed E-state index contributed by atoms with van der Waals surface area (Å²) in [7, 11) is 0. The normalized spacial score (nSPS) is 9.82. The molecule has 0 bridgehead atoms. The zero-order valence-electron chi connectivity index (χ0n) is 23.7. The number of Topliss-reactive ketones (excluding diaryl/α,β-unsaturated/α-hetero) is 2. The third-order valence-electron chi connectivity index (χ3n) is 5.23. The third kappa shape index (κ3) is 14.1. The van der Waals surface area contributed by atoms with Crippen molar-refractivity contribution in [2.24, 2.45) is 5.84 Å². The number of rotatable bonds is 12. The van der Waals surface area contributed by atoms with E-state index in [4.69, 9.17) is 10.6 Å². The SMILES string of the molecule is CCOC(=O)C(=O)CC(C)=O.CCOC(=O)c1cc(C)n(CCc2ccccc2)n1.NNCCc1ccccc1. The topological polar surface area (TPSA) is 143 Å². The first-order valence-corrected chi connectivity index (χ1v) is 13.1.